The van der Waals surface area contributed by atoms with Gasteiger partial charge in [-0.3, -0.25) is 4.79 Å². The molecule has 1 aromatic heterocycles. The molecule has 3 N–H and O–H groups in total. The van der Waals surface area contributed by atoms with E-state index in [9.17, 15) is 9.18 Å². The van der Waals surface area contributed by atoms with Crippen LogP contribution in [-0.4, -0.2) is 10.9 Å². The summed E-state index contributed by atoms with van der Waals surface area (Å²) in [5.41, 5.74) is 7.86. The maximum absolute atomic E-state index is 13.1. The van der Waals surface area contributed by atoms with Crippen molar-refractivity contribution in [2.45, 2.75) is 13.8 Å². The average Bonchev–Trinajstić information content (AvgIpc) is 2.37. The molecule has 5 heteroatoms. The van der Waals surface area contributed by atoms with Crippen LogP contribution < -0.4 is 11.1 Å². The molecule has 0 aliphatic heterocycles. The molecule has 0 atom stereocenters. The van der Waals surface area contributed by atoms with Crippen LogP contribution in [0.3, 0.4) is 0 Å². The highest BCUT2D eigenvalue weighted by molar-refractivity contribution is 6.03. The molecule has 0 saturated carbocycles. The number of nitrogens with zero attached hydrogens (tertiary/aromatic N) is 1. The van der Waals surface area contributed by atoms with Crippen LogP contribution in [0.5, 0.6) is 0 Å². The van der Waals surface area contributed by atoms with Gasteiger partial charge in [-0.1, -0.05) is 0 Å². The standard InChI is InChI=1S/C14H14FN3O/c1-8-5-10(3-4-11(8)15)14(19)18-13-6-9(2)12(16)7-17-13/h3-7H,16H2,1-2H3,(H,17,18,19). The van der Waals surface area contributed by atoms with Crippen LogP contribution in [-0.2, 0) is 0 Å². The van der Waals surface area contributed by atoms with Crippen molar-refractivity contribution < 1.29 is 9.18 Å². The van der Waals surface area contributed by atoms with Crippen LogP contribution in [0.15, 0.2) is 30.5 Å². The van der Waals surface area contributed by atoms with Crippen molar-refractivity contribution in [1.82, 2.24) is 4.98 Å². The van der Waals surface area contributed by atoms with Crippen LogP contribution >= 0.6 is 0 Å². The molecule has 4 nitrogen and oxygen atoms in total. The Morgan fingerprint density at radius 1 is 1.26 bits per heavy atom. The van der Waals surface area contributed by atoms with E-state index in [-0.39, 0.29) is 11.7 Å². The first-order valence-electron chi connectivity index (χ1n) is 5.77. The third-order valence-electron chi connectivity index (χ3n) is 2.81. The molecular weight excluding hydrogens is 245 g/mol. The monoisotopic (exact) mass is 259 g/mol. The van der Waals surface area contributed by atoms with Crippen LogP contribution in [0, 0.1) is 19.7 Å². The number of carbonyl (C=O) groups excluding carboxylic acids is 1. The van der Waals surface area contributed by atoms with Gasteiger partial charge in [-0.2, -0.15) is 0 Å². The summed E-state index contributed by atoms with van der Waals surface area (Å²) in [6.45, 7) is 3.44. The second-order valence-corrected chi connectivity index (χ2v) is 4.34. The van der Waals surface area contributed by atoms with E-state index in [2.05, 4.69) is 10.3 Å². The quantitative estimate of drug-likeness (QED) is 0.871. The zero-order valence-corrected chi connectivity index (χ0v) is 10.7. The van der Waals surface area contributed by atoms with Crippen LogP contribution in [0.4, 0.5) is 15.9 Å². The predicted molar refractivity (Wildman–Crippen MR) is 72.5 cm³/mol. The Morgan fingerprint density at radius 3 is 2.63 bits per heavy atom. The summed E-state index contributed by atoms with van der Waals surface area (Å²) in [7, 11) is 0. The average molecular weight is 259 g/mol. The predicted octanol–water partition coefficient (Wildman–Crippen LogP) is 2.67. The van der Waals surface area contributed by atoms with Crippen molar-refractivity contribution in [1.29, 1.82) is 0 Å². The number of benzene rings is 1. The van der Waals surface area contributed by atoms with Gasteiger partial charge in [-0.05, 0) is 49.2 Å². The minimum Gasteiger partial charge on any atom is -0.397 e. The summed E-state index contributed by atoms with van der Waals surface area (Å²) in [6, 6.07) is 5.88. The van der Waals surface area contributed by atoms with E-state index >= 15 is 0 Å². The number of rotatable bonds is 2. The molecule has 2 aromatic rings. The molecule has 2 rings (SSSR count). The van der Waals surface area contributed by atoms with Gasteiger partial charge >= 0.3 is 0 Å². The summed E-state index contributed by atoms with van der Waals surface area (Å²) < 4.78 is 13.1. The third-order valence-corrected chi connectivity index (χ3v) is 2.81. The van der Waals surface area contributed by atoms with Gasteiger partial charge in [0.25, 0.3) is 5.91 Å². The van der Waals surface area contributed by atoms with E-state index in [0.29, 0.717) is 22.6 Å². The molecule has 0 aliphatic carbocycles. The minimum absolute atomic E-state index is 0.334. The molecule has 0 unspecified atom stereocenters. The number of nitrogens with one attached hydrogen (secondary N) is 1. The first-order chi connectivity index (χ1) is 8.97. The Balaban J connectivity index is 2.20. The zero-order chi connectivity index (χ0) is 14.0. The molecule has 0 aliphatic rings. The lowest BCUT2D eigenvalue weighted by Gasteiger charge is -2.07. The highest BCUT2D eigenvalue weighted by atomic mass is 19.1. The van der Waals surface area contributed by atoms with Crippen molar-refractivity contribution in [3.05, 3.63) is 53.0 Å². The second kappa shape index (κ2) is 5.06. The van der Waals surface area contributed by atoms with Gasteiger partial charge in [0.05, 0.1) is 11.9 Å². The Kier molecular flexibility index (Phi) is 3.46. The van der Waals surface area contributed by atoms with E-state index in [0.717, 1.165) is 5.56 Å². The van der Waals surface area contributed by atoms with E-state index in [1.807, 2.05) is 6.92 Å². The fourth-order valence-electron chi connectivity index (χ4n) is 1.61. The molecule has 19 heavy (non-hydrogen) atoms. The number of anilines is 2. The summed E-state index contributed by atoms with van der Waals surface area (Å²) >= 11 is 0. The number of aromatic nitrogens is 1. The largest absolute Gasteiger partial charge is 0.397 e. The smallest absolute Gasteiger partial charge is 0.256 e. The topological polar surface area (TPSA) is 68.0 Å². The molecule has 1 amide bonds. The number of hydrogen-bond donors (Lipinski definition) is 2. The Hall–Kier alpha value is -2.43. The van der Waals surface area contributed by atoms with E-state index < -0.39 is 0 Å². The Bertz CT molecular complexity index is 641. The van der Waals surface area contributed by atoms with E-state index in [1.165, 1.54) is 24.4 Å². The summed E-state index contributed by atoms with van der Waals surface area (Å²) in [4.78, 5) is 16.0. The molecule has 0 radical (unpaired) electrons. The Labute approximate surface area is 110 Å². The highest BCUT2D eigenvalue weighted by Crippen LogP contribution is 2.15. The first kappa shape index (κ1) is 13.0. The molecule has 0 fully saturated rings. The zero-order valence-electron chi connectivity index (χ0n) is 10.7. The van der Waals surface area contributed by atoms with Crippen molar-refractivity contribution in [2.75, 3.05) is 11.1 Å². The Morgan fingerprint density at radius 2 is 2.00 bits per heavy atom. The van der Waals surface area contributed by atoms with Crippen molar-refractivity contribution >= 4 is 17.4 Å². The summed E-state index contributed by atoms with van der Waals surface area (Å²) in [5.74, 6) is -0.253. The van der Waals surface area contributed by atoms with Gasteiger partial charge in [0, 0.05) is 5.56 Å². The van der Waals surface area contributed by atoms with Gasteiger partial charge in [-0.15, -0.1) is 0 Å². The lowest BCUT2D eigenvalue weighted by atomic mass is 10.1. The van der Waals surface area contributed by atoms with Crippen LogP contribution in [0.25, 0.3) is 0 Å². The number of pyridine rings is 1. The SMILES string of the molecule is Cc1cc(NC(=O)c2ccc(F)c(C)c2)ncc1N. The van der Waals surface area contributed by atoms with Gasteiger partial charge in [0.1, 0.15) is 11.6 Å². The molecule has 0 bridgehead atoms. The second-order valence-electron chi connectivity index (χ2n) is 4.34. The van der Waals surface area contributed by atoms with Crippen molar-refractivity contribution in [2.24, 2.45) is 0 Å². The molecule has 1 heterocycles. The number of nitrogen functional groups attached to an aromatic ring is 1. The molecule has 1 aromatic carbocycles. The van der Waals surface area contributed by atoms with Gasteiger partial charge in [0.15, 0.2) is 0 Å². The van der Waals surface area contributed by atoms with Crippen LogP contribution in [0.1, 0.15) is 21.5 Å². The molecule has 0 saturated heterocycles. The van der Waals surface area contributed by atoms with Gasteiger partial charge < -0.3 is 11.1 Å². The van der Waals surface area contributed by atoms with Gasteiger partial charge in [0.2, 0.25) is 0 Å². The van der Waals surface area contributed by atoms with E-state index in [4.69, 9.17) is 5.73 Å². The number of aryl methyl sites for hydroxylation is 2. The number of nitrogens with two attached hydrogens (primary N) is 1. The number of halogens is 1. The van der Waals surface area contributed by atoms with Crippen LogP contribution in [0.2, 0.25) is 0 Å². The fourth-order valence-corrected chi connectivity index (χ4v) is 1.61. The normalized spacial score (nSPS) is 10.3. The van der Waals surface area contributed by atoms with Gasteiger partial charge in [-0.25, -0.2) is 9.37 Å². The summed E-state index contributed by atoms with van der Waals surface area (Å²) in [5, 5.41) is 2.64. The lowest BCUT2D eigenvalue weighted by molar-refractivity contribution is 0.102. The number of hydrogen-bond acceptors (Lipinski definition) is 3. The minimum atomic E-state index is -0.335. The molecule has 0 spiro atoms. The molecular formula is C14H14FN3O. The maximum Gasteiger partial charge on any atom is 0.256 e. The molecule has 98 valence electrons. The highest BCUT2D eigenvalue weighted by Gasteiger charge is 2.09. The van der Waals surface area contributed by atoms with Crippen molar-refractivity contribution in [3.8, 4) is 0 Å². The number of amides is 1. The van der Waals surface area contributed by atoms with E-state index in [1.54, 1.807) is 13.0 Å². The fraction of sp³-hybridized carbons (Fsp3) is 0.143. The van der Waals surface area contributed by atoms with Crippen molar-refractivity contribution in [3.63, 3.8) is 0 Å². The lowest BCUT2D eigenvalue weighted by Crippen LogP contribution is -2.13. The summed E-state index contributed by atoms with van der Waals surface area (Å²) in [6.07, 6.45) is 1.49. The third kappa shape index (κ3) is 2.88. The number of carbonyl (C=O) groups is 1. The maximum atomic E-state index is 13.1. The first-order valence-corrected chi connectivity index (χ1v) is 5.77.